The van der Waals surface area contributed by atoms with Gasteiger partial charge in [0.15, 0.2) is 5.82 Å². The molecule has 2 aromatic heterocycles. The van der Waals surface area contributed by atoms with Gasteiger partial charge in [0, 0.05) is 13.6 Å². The van der Waals surface area contributed by atoms with Gasteiger partial charge in [0.1, 0.15) is 0 Å². The molecule has 0 spiro atoms. The van der Waals surface area contributed by atoms with Crippen molar-refractivity contribution in [2.24, 2.45) is 12.8 Å². The molecule has 0 atom stereocenters. The first-order valence-corrected chi connectivity index (χ1v) is 7.27. The number of nitrogens with two attached hydrogens (primary N) is 1. The predicted molar refractivity (Wildman–Crippen MR) is 81.7 cm³/mol. The second-order valence-corrected chi connectivity index (χ2v) is 5.84. The van der Waals surface area contributed by atoms with E-state index in [1.54, 1.807) is 11.3 Å². The molecule has 0 saturated heterocycles. The molecule has 0 aliphatic rings. The molecule has 19 heavy (non-hydrogen) atoms. The number of aryl methyl sites for hydroxylation is 2. The second-order valence-electron chi connectivity index (χ2n) is 4.58. The quantitative estimate of drug-likeness (QED) is 0.782. The monoisotopic (exact) mass is 291 g/mol. The number of fused-ring (bicyclic) bond motifs is 1. The molecule has 98 valence electrons. The van der Waals surface area contributed by atoms with Crippen molar-refractivity contribution in [2.45, 2.75) is 13.5 Å². The van der Waals surface area contributed by atoms with Gasteiger partial charge in [-0.3, -0.25) is 0 Å². The third-order valence-electron chi connectivity index (χ3n) is 3.28. The van der Waals surface area contributed by atoms with Crippen LogP contribution < -0.4 is 5.73 Å². The number of rotatable bonds is 2. The summed E-state index contributed by atoms with van der Waals surface area (Å²) in [6, 6.07) is 6.11. The Kier molecular flexibility index (Phi) is 3.09. The van der Waals surface area contributed by atoms with Crippen LogP contribution in [0.2, 0.25) is 5.02 Å². The number of hydrogen-bond acceptors (Lipinski definition) is 3. The lowest BCUT2D eigenvalue weighted by atomic mass is 10.2. The van der Waals surface area contributed by atoms with Gasteiger partial charge in [-0.2, -0.15) is 0 Å². The molecule has 2 heterocycles. The maximum absolute atomic E-state index is 6.34. The number of aromatic nitrogens is 2. The average Bonchev–Trinajstić information content (AvgIpc) is 2.92. The van der Waals surface area contributed by atoms with Crippen molar-refractivity contribution in [3.63, 3.8) is 0 Å². The summed E-state index contributed by atoms with van der Waals surface area (Å²) < 4.78 is 2.08. The molecule has 0 aliphatic heterocycles. The topological polar surface area (TPSA) is 43.8 Å². The van der Waals surface area contributed by atoms with Crippen LogP contribution in [0.3, 0.4) is 0 Å². The molecule has 0 radical (unpaired) electrons. The Hall–Kier alpha value is -1.36. The molecule has 0 unspecified atom stereocenters. The molecule has 5 heteroatoms. The lowest BCUT2D eigenvalue weighted by Crippen LogP contribution is -1.96. The summed E-state index contributed by atoms with van der Waals surface area (Å²) >= 11 is 7.97. The van der Waals surface area contributed by atoms with Crippen molar-refractivity contribution < 1.29 is 0 Å². The summed E-state index contributed by atoms with van der Waals surface area (Å²) in [7, 11) is 2.01. The highest BCUT2D eigenvalue weighted by Gasteiger charge is 2.15. The minimum absolute atomic E-state index is 0.537. The number of halogens is 1. The van der Waals surface area contributed by atoms with Crippen molar-refractivity contribution in [2.75, 3.05) is 0 Å². The van der Waals surface area contributed by atoms with E-state index in [1.807, 2.05) is 26.1 Å². The van der Waals surface area contributed by atoms with Crippen molar-refractivity contribution in [3.05, 3.63) is 39.7 Å². The summed E-state index contributed by atoms with van der Waals surface area (Å²) in [5, 5.41) is 2.85. The fourth-order valence-electron chi connectivity index (χ4n) is 2.15. The Labute approximate surface area is 120 Å². The standard InChI is InChI=1S/C14H14ClN3S/c1-8-7-19-13(12(8)15)14-17-10-4-3-9(6-16)5-11(10)18(14)2/h3-5,7H,6,16H2,1-2H3. The van der Waals surface area contributed by atoms with Crippen LogP contribution in [0.15, 0.2) is 23.6 Å². The Balaban J connectivity index is 2.25. The van der Waals surface area contributed by atoms with Gasteiger partial charge in [-0.05, 0) is 35.6 Å². The Morgan fingerprint density at radius 3 is 2.84 bits per heavy atom. The number of hydrogen-bond donors (Lipinski definition) is 1. The van der Waals surface area contributed by atoms with Crippen LogP contribution in [-0.4, -0.2) is 9.55 Å². The fraction of sp³-hybridized carbons (Fsp3) is 0.214. The van der Waals surface area contributed by atoms with Crippen LogP contribution in [-0.2, 0) is 13.6 Å². The molecule has 3 rings (SSSR count). The van der Waals surface area contributed by atoms with Gasteiger partial charge in [0.05, 0.1) is 20.9 Å². The third kappa shape index (κ3) is 1.96. The van der Waals surface area contributed by atoms with E-state index in [-0.39, 0.29) is 0 Å². The zero-order valence-corrected chi connectivity index (χ0v) is 12.3. The Bertz CT molecular complexity index is 757. The van der Waals surface area contributed by atoms with E-state index >= 15 is 0 Å². The first-order valence-electron chi connectivity index (χ1n) is 6.01. The first kappa shape index (κ1) is 12.7. The van der Waals surface area contributed by atoms with Crippen LogP contribution >= 0.6 is 22.9 Å². The van der Waals surface area contributed by atoms with Crippen molar-refractivity contribution >= 4 is 34.0 Å². The van der Waals surface area contributed by atoms with E-state index < -0.39 is 0 Å². The molecule has 0 saturated carbocycles. The number of thiophene rings is 1. The van der Waals surface area contributed by atoms with Crippen LogP contribution in [0.5, 0.6) is 0 Å². The molecule has 3 aromatic rings. The minimum atomic E-state index is 0.537. The summed E-state index contributed by atoms with van der Waals surface area (Å²) in [6.45, 7) is 2.55. The largest absolute Gasteiger partial charge is 0.326 e. The van der Waals surface area contributed by atoms with Gasteiger partial charge in [0.25, 0.3) is 0 Å². The molecule has 2 N–H and O–H groups in total. The van der Waals surface area contributed by atoms with E-state index in [1.165, 1.54) is 0 Å². The summed E-state index contributed by atoms with van der Waals surface area (Å²) in [5.41, 5.74) is 9.94. The lowest BCUT2D eigenvalue weighted by Gasteiger charge is -2.01. The molecular formula is C14H14ClN3S. The van der Waals surface area contributed by atoms with E-state index in [9.17, 15) is 0 Å². The molecular weight excluding hydrogens is 278 g/mol. The highest BCUT2D eigenvalue weighted by Crippen LogP contribution is 2.36. The average molecular weight is 292 g/mol. The smallest absolute Gasteiger partial charge is 0.152 e. The van der Waals surface area contributed by atoms with Crippen LogP contribution in [0.25, 0.3) is 21.7 Å². The summed E-state index contributed by atoms with van der Waals surface area (Å²) in [4.78, 5) is 5.70. The molecule has 0 amide bonds. The molecule has 0 fully saturated rings. The summed E-state index contributed by atoms with van der Waals surface area (Å²) in [6.07, 6.45) is 0. The minimum Gasteiger partial charge on any atom is -0.326 e. The normalized spacial score (nSPS) is 11.4. The van der Waals surface area contributed by atoms with Crippen molar-refractivity contribution in [3.8, 4) is 10.7 Å². The first-order chi connectivity index (χ1) is 9.11. The van der Waals surface area contributed by atoms with Gasteiger partial charge in [-0.25, -0.2) is 4.98 Å². The number of benzene rings is 1. The molecule has 1 aromatic carbocycles. The fourth-order valence-corrected chi connectivity index (χ4v) is 3.45. The van der Waals surface area contributed by atoms with Gasteiger partial charge in [0.2, 0.25) is 0 Å². The SMILES string of the molecule is Cc1csc(-c2nc3ccc(CN)cc3n2C)c1Cl. The van der Waals surface area contributed by atoms with Crippen LogP contribution in [0.4, 0.5) is 0 Å². The second kappa shape index (κ2) is 4.63. The van der Waals surface area contributed by atoms with Gasteiger partial charge < -0.3 is 10.3 Å². The summed E-state index contributed by atoms with van der Waals surface area (Å²) in [5.74, 6) is 0.910. The zero-order chi connectivity index (χ0) is 13.6. The van der Waals surface area contributed by atoms with Gasteiger partial charge in [-0.15, -0.1) is 11.3 Å². The van der Waals surface area contributed by atoms with Crippen molar-refractivity contribution in [1.29, 1.82) is 0 Å². The Morgan fingerprint density at radius 2 is 2.21 bits per heavy atom. The predicted octanol–water partition coefficient (Wildman–Crippen LogP) is 3.72. The lowest BCUT2D eigenvalue weighted by molar-refractivity contribution is 0.960. The third-order valence-corrected chi connectivity index (χ3v) is 4.98. The number of nitrogens with zero attached hydrogens (tertiary/aromatic N) is 2. The number of imidazole rings is 1. The maximum atomic E-state index is 6.34. The highest BCUT2D eigenvalue weighted by atomic mass is 35.5. The Morgan fingerprint density at radius 1 is 1.42 bits per heavy atom. The highest BCUT2D eigenvalue weighted by molar-refractivity contribution is 7.14. The molecule has 0 bridgehead atoms. The van der Waals surface area contributed by atoms with E-state index in [0.29, 0.717) is 6.54 Å². The van der Waals surface area contributed by atoms with E-state index in [0.717, 1.165) is 37.9 Å². The maximum Gasteiger partial charge on any atom is 0.152 e. The molecule has 3 nitrogen and oxygen atoms in total. The van der Waals surface area contributed by atoms with Gasteiger partial charge in [-0.1, -0.05) is 17.7 Å². The molecule has 0 aliphatic carbocycles. The van der Waals surface area contributed by atoms with Crippen molar-refractivity contribution in [1.82, 2.24) is 9.55 Å². The van der Waals surface area contributed by atoms with E-state index in [4.69, 9.17) is 17.3 Å². The van der Waals surface area contributed by atoms with Crippen LogP contribution in [0, 0.1) is 6.92 Å². The zero-order valence-electron chi connectivity index (χ0n) is 10.8. The van der Waals surface area contributed by atoms with Gasteiger partial charge >= 0.3 is 0 Å². The van der Waals surface area contributed by atoms with E-state index in [2.05, 4.69) is 21.0 Å². The van der Waals surface area contributed by atoms with Crippen LogP contribution in [0.1, 0.15) is 11.1 Å².